The van der Waals surface area contributed by atoms with Crippen LogP contribution < -0.4 is 5.73 Å². The van der Waals surface area contributed by atoms with Crippen LogP contribution in [0.2, 0.25) is 0 Å². The Morgan fingerprint density at radius 1 is 1.21 bits per heavy atom. The molecule has 0 aliphatic rings. The summed E-state index contributed by atoms with van der Waals surface area (Å²) in [5, 5.41) is 0. The Kier molecular flexibility index (Phi) is 3.67. The molecule has 1 aromatic carbocycles. The summed E-state index contributed by atoms with van der Waals surface area (Å²) < 4.78 is 5.85. The van der Waals surface area contributed by atoms with E-state index in [9.17, 15) is 0 Å². The van der Waals surface area contributed by atoms with Crippen LogP contribution in [-0.4, -0.2) is 12.1 Å². The van der Waals surface area contributed by atoms with Gasteiger partial charge in [-0.05, 0) is 26.3 Å². The quantitative estimate of drug-likeness (QED) is 0.800. The van der Waals surface area contributed by atoms with Crippen LogP contribution >= 0.6 is 0 Å². The van der Waals surface area contributed by atoms with Crippen LogP contribution in [0.4, 0.5) is 0 Å². The summed E-state index contributed by atoms with van der Waals surface area (Å²) in [5.41, 5.74) is 6.68. The van der Waals surface area contributed by atoms with E-state index in [1.54, 1.807) is 0 Å². The molecule has 14 heavy (non-hydrogen) atoms. The Morgan fingerprint density at radius 3 is 2.21 bits per heavy atom. The number of rotatable bonds is 3. The van der Waals surface area contributed by atoms with Gasteiger partial charge in [0.15, 0.2) is 0 Å². The van der Waals surface area contributed by atoms with E-state index in [0.29, 0.717) is 6.54 Å². The molecule has 0 saturated carbocycles. The average molecular weight is 193 g/mol. The predicted octanol–water partition coefficient (Wildman–Crippen LogP) is 2.50. The summed E-state index contributed by atoms with van der Waals surface area (Å²) in [6, 6.07) is 10.1. The van der Waals surface area contributed by atoms with Crippen molar-refractivity contribution in [2.45, 2.75) is 32.5 Å². The molecule has 78 valence electrons. The second-order valence-corrected chi connectivity index (χ2v) is 4.37. The molecule has 0 saturated heterocycles. The van der Waals surface area contributed by atoms with Gasteiger partial charge in [-0.1, -0.05) is 30.3 Å². The first-order valence-corrected chi connectivity index (χ1v) is 4.96. The van der Waals surface area contributed by atoms with E-state index in [-0.39, 0.29) is 11.7 Å². The SMILES string of the molecule is CC(C)(C)O[C@H](CN)c1ccccc1. The molecule has 0 amide bonds. The summed E-state index contributed by atoms with van der Waals surface area (Å²) in [6.07, 6.45) is -0.00352. The Morgan fingerprint density at radius 2 is 1.79 bits per heavy atom. The van der Waals surface area contributed by atoms with E-state index in [1.165, 1.54) is 0 Å². The summed E-state index contributed by atoms with van der Waals surface area (Å²) in [5.74, 6) is 0. The minimum atomic E-state index is -0.153. The summed E-state index contributed by atoms with van der Waals surface area (Å²) in [6.45, 7) is 6.64. The maximum Gasteiger partial charge on any atom is 0.0954 e. The molecule has 0 heterocycles. The van der Waals surface area contributed by atoms with Crippen LogP contribution in [0.15, 0.2) is 30.3 Å². The van der Waals surface area contributed by atoms with Crippen molar-refractivity contribution in [2.75, 3.05) is 6.54 Å². The van der Waals surface area contributed by atoms with Crippen LogP contribution in [0, 0.1) is 0 Å². The average Bonchev–Trinajstić information content (AvgIpc) is 2.14. The van der Waals surface area contributed by atoms with Gasteiger partial charge in [-0.25, -0.2) is 0 Å². The van der Waals surface area contributed by atoms with Gasteiger partial charge >= 0.3 is 0 Å². The molecule has 2 heteroatoms. The first-order chi connectivity index (χ1) is 6.53. The zero-order valence-corrected chi connectivity index (χ0v) is 9.16. The monoisotopic (exact) mass is 193 g/mol. The van der Waals surface area contributed by atoms with Crippen molar-refractivity contribution < 1.29 is 4.74 Å². The highest BCUT2D eigenvalue weighted by Gasteiger charge is 2.18. The second kappa shape index (κ2) is 4.58. The maximum atomic E-state index is 5.85. The fourth-order valence-corrected chi connectivity index (χ4v) is 1.35. The molecular formula is C12H19NO. The lowest BCUT2D eigenvalue weighted by Crippen LogP contribution is -2.27. The fraction of sp³-hybridized carbons (Fsp3) is 0.500. The predicted molar refractivity (Wildman–Crippen MR) is 59.1 cm³/mol. The van der Waals surface area contributed by atoms with Crippen molar-refractivity contribution >= 4 is 0 Å². The number of hydrogen-bond donors (Lipinski definition) is 1. The minimum Gasteiger partial charge on any atom is -0.367 e. The third-order valence-corrected chi connectivity index (χ3v) is 1.88. The lowest BCUT2D eigenvalue weighted by atomic mass is 10.1. The van der Waals surface area contributed by atoms with E-state index < -0.39 is 0 Å². The smallest absolute Gasteiger partial charge is 0.0954 e. The number of benzene rings is 1. The topological polar surface area (TPSA) is 35.2 Å². The van der Waals surface area contributed by atoms with Gasteiger partial charge in [0.2, 0.25) is 0 Å². The van der Waals surface area contributed by atoms with Crippen molar-refractivity contribution in [3.63, 3.8) is 0 Å². The van der Waals surface area contributed by atoms with Crippen LogP contribution in [0.25, 0.3) is 0 Å². The van der Waals surface area contributed by atoms with Crippen molar-refractivity contribution in [3.05, 3.63) is 35.9 Å². The third-order valence-electron chi connectivity index (χ3n) is 1.88. The molecule has 1 atom stereocenters. The lowest BCUT2D eigenvalue weighted by Gasteiger charge is -2.27. The van der Waals surface area contributed by atoms with Crippen LogP contribution in [0.1, 0.15) is 32.4 Å². The molecule has 0 unspecified atom stereocenters. The second-order valence-electron chi connectivity index (χ2n) is 4.37. The number of nitrogens with two attached hydrogens (primary N) is 1. The van der Waals surface area contributed by atoms with E-state index in [0.717, 1.165) is 5.56 Å². The Bertz CT molecular complexity index is 263. The van der Waals surface area contributed by atoms with Crippen molar-refractivity contribution in [1.29, 1.82) is 0 Å². The van der Waals surface area contributed by atoms with Crippen molar-refractivity contribution in [2.24, 2.45) is 5.73 Å². The molecule has 0 spiro atoms. The highest BCUT2D eigenvalue weighted by Crippen LogP contribution is 2.22. The first-order valence-electron chi connectivity index (χ1n) is 4.96. The van der Waals surface area contributed by atoms with E-state index in [2.05, 4.69) is 0 Å². The van der Waals surface area contributed by atoms with Gasteiger partial charge in [-0.15, -0.1) is 0 Å². The minimum absolute atomic E-state index is 0.00352. The van der Waals surface area contributed by atoms with Gasteiger partial charge in [0, 0.05) is 6.54 Å². The zero-order valence-electron chi connectivity index (χ0n) is 9.16. The van der Waals surface area contributed by atoms with Gasteiger partial charge in [0.1, 0.15) is 0 Å². The van der Waals surface area contributed by atoms with Crippen LogP contribution in [0.3, 0.4) is 0 Å². The molecule has 0 bridgehead atoms. The molecule has 0 fully saturated rings. The molecule has 0 aliphatic heterocycles. The largest absolute Gasteiger partial charge is 0.367 e. The lowest BCUT2D eigenvalue weighted by molar-refractivity contribution is -0.0572. The molecule has 1 rings (SSSR count). The van der Waals surface area contributed by atoms with E-state index in [1.807, 2.05) is 51.1 Å². The summed E-state index contributed by atoms with van der Waals surface area (Å²) in [4.78, 5) is 0. The third kappa shape index (κ3) is 3.48. The van der Waals surface area contributed by atoms with Gasteiger partial charge in [-0.2, -0.15) is 0 Å². The fourth-order valence-electron chi connectivity index (χ4n) is 1.35. The van der Waals surface area contributed by atoms with Crippen molar-refractivity contribution in [1.82, 2.24) is 0 Å². The molecule has 0 aromatic heterocycles. The van der Waals surface area contributed by atoms with Crippen LogP contribution in [0.5, 0.6) is 0 Å². The standard InChI is InChI=1S/C12H19NO/c1-12(2,3)14-11(9-13)10-7-5-4-6-8-10/h4-8,11H,9,13H2,1-3H3/t11-/m1/s1. The maximum absolute atomic E-state index is 5.85. The van der Waals surface area contributed by atoms with Crippen LogP contribution in [-0.2, 0) is 4.74 Å². The van der Waals surface area contributed by atoms with Gasteiger partial charge in [0.25, 0.3) is 0 Å². The Balaban J connectivity index is 2.73. The highest BCUT2D eigenvalue weighted by molar-refractivity contribution is 5.17. The number of hydrogen-bond acceptors (Lipinski definition) is 2. The van der Waals surface area contributed by atoms with Crippen molar-refractivity contribution in [3.8, 4) is 0 Å². The molecule has 0 aliphatic carbocycles. The summed E-state index contributed by atoms with van der Waals surface area (Å²) in [7, 11) is 0. The molecule has 2 N–H and O–H groups in total. The van der Waals surface area contributed by atoms with E-state index >= 15 is 0 Å². The zero-order chi connectivity index (χ0) is 10.6. The number of ether oxygens (including phenoxy) is 1. The molecule has 1 aromatic rings. The Hall–Kier alpha value is -0.860. The summed E-state index contributed by atoms with van der Waals surface area (Å²) >= 11 is 0. The normalized spacial score (nSPS) is 14.0. The Labute approximate surface area is 86.1 Å². The molecule has 0 radical (unpaired) electrons. The molecular weight excluding hydrogens is 174 g/mol. The van der Waals surface area contributed by atoms with Gasteiger partial charge in [0.05, 0.1) is 11.7 Å². The highest BCUT2D eigenvalue weighted by atomic mass is 16.5. The van der Waals surface area contributed by atoms with Gasteiger partial charge in [-0.3, -0.25) is 0 Å². The van der Waals surface area contributed by atoms with Gasteiger partial charge < -0.3 is 10.5 Å². The molecule has 2 nitrogen and oxygen atoms in total. The first kappa shape index (κ1) is 11.2. The van der Waals surface area contributed by atoms with E-state index in [4.69, 9.17) is 10.5 Å².